The fourth-order valence-electron chi connectivity index (χ4n) is 5.26. The lowest BCUT2D eigenvalue weighted by atomic mass is 10.0. The zero-order chi connectivity index (χ0) is 31.3. The predicted molar refractivity (Wildman–Crippen MR) is 160 cm³/mol. The molecule has 4 rings (SSSR count). The van der Waals surface area contributed by atoms with Gasteiger partial charge in [-0.1, -0.05) is 18.2 Å². The monoisotopic (exact) mass is 615 g/mol. The number of H-pyrrole nitrogens is 1. The van der Waals surface area contributed by atoms with Crippen molar-refractivity contribution < 1.29 is 32.4 Å². The molecule has 43 heavy (non-hydrogen) atoms. The van der Waals surface area contributed by atoms with Crippen LogP contribution in [0.5, 0.6) is 0 Å². The second-order valence-electron chi connectivity index (χ2n) is 10.8. The fourth-order valence-corrected chi connectivity index (χ4v) is 6.69. The van der Waals surface area contributed by atoms with Gasteiger partial charge in [-0.15, -0.1) is 0 Å². The lowest BCUT2D eigenvalue weighted by Gasteiger charge is -2.30. The molecule has 14 heteroatoms. The number of carbonyl (C=O) groups excluding carboxylic acids is 2. The topological polar surface area (TPSA) is 164 Å². The maximum Gasteiger partial charge on any atom is 0.329 e. The summed E-state index contributed by atoms with van der Waals surface area (Å²) in [5.41, 5.74) is 1.00. The lowest BCUT2D eigenvalue weighted by molar-refractivity contribution is -0.384. The first-order chi connectivity index (χ1) is 20.4. The van der Waals surface area contributed by atoms with E-state index in [0.29, 0.717) is 0 Å². The number of fused-ring (bicyclic) bond motifs is 1. The number of rotatable bonds is 12. The highest BCUT2D eigenvalue weighted by Gasteiger charge is 2.31. The Hall–Kier alpha value is -4.01. The molecule has 1 saturated heterocycles. The summed E-state index contributed by atoms with van der Waals surface area (Å²) in [6, 6.07) is 9.63. The van der Waals surface area contributed by atoms with E-state index in [1.54, 1.807) is 11.1 Å². The Bertz CT molecular complexity index is 1570. The van der Waals surface area contributed by atoms with Gasteiger partial charge in [0.25, 0.3) is 11.6 Å². The van der Waals surface area contributed by atoms with Crippen LogP contribution >= 0.6 is 0 Å². The van der Waals surface area contributed by atoms with E-state index in [0.717, 1.165) is 22.5 Å². The van der Waals surface area contributed by atoms with Gasteiger partial charge in [0.2, 0.25) is 10.0 Å². The Morgan fingerprint density at radius 3 is 2.44 bits per heavy atom. The number of carbonyl (C=O) groups is 2. The zero-order valence-electron chi connectivity index (χ0n) is 24.6. The Morgan fingerprint density at radius 2 is 1.79 bits per heavy atom. The summed E-state index contributed by atoms with van der Waals surface area (Å²) >= 11 is 0. The van der Waals surface area contributed by atoms with Gasteiger partial charge < -0.3 is 24.7 Å². The van der Waals surface area contributed by atoms with Crippen LogP contribution in [0.1, 0.15) is 33.3 Å². The van der Waals surface area contributed by atoms with Crippen LogP contribution in [0.4, 0.5) is 11.4 Å². The van der Waals surface area contributed by atoms with Crippen molar-refractivity contribution in [2.45, 2.75) is 57.1 Å². The highest BCUT2D eigenvalue weighted by Crippen LogP contribution is 2.31. The van der Waals surface area contributed by atoms with Crippen molar-refractivity contribution in [2.75, 3.05) is 38.2 Å². The molecule has 1 aliphatic heterocycles. The van der Waals surface area contributed by atoms with Crippen LogP contribution in [-0.4, -0.2) is 90.4 Å². The Balaban J connectivity index is 1.63. The van der Waals surface area contributed by atoms with E-state index in [1.165, 1.54) is 16.4 Å². The first-order valence-corrected chi connectivity index (χ1v) is 15.5. The average Bonchev–Trinajstić information content (AvgIpc) is 3.38. The van der Waals surface area contributed by atoms with Gasteiger partial charge in [-0.3, -0.25) is 14.9 Å². The summed E-state index contributed by atoms with van der Waals surface area (Å²) < 4.78 is 38.2. The maximum absolute atomic E-state index is 13.4. The van der Waals surface area contributed by atoms with E-state index in [9.17, 15) is 28.1 Å². The molecule has 0 aliphatic carbocycles. The van der Waals surface area contributed by atoms with Crippen LogP contribution in [0.25, 0.3) is 10.9 Å². The van der Waals surface area contributed by atoms with Gasteiger partial charge in [0.05, 0.1) is 23.0 Å². The molecule has 232 valence electrons. The molecule has 0 radical (unpaired) electrons. The number of aromatic nitrogens is 1. The van der Waals surface area contributed by atoms with Crippen LogP contribution in [0.2, 0.25) is 0 Å². The van der Waals surface area contributed by atoms with Crippen LogP contribution < -0.4 is 5.32 Å². The number of amides is 1. The van der Waals surface area contributed by atoms with E-state index >= 15 is 0 Å². The van der Waals surface area contributed by atoms with E-state index in [4.69, 9.17) is 9.47 Å². The summed E-state index contributed by atoms with van der Waals surface area (Å²) in [4.78, 5) is 42.2. The minimum Gasteiger partial charge on any atom is -0.454 e. The van der Waals surface area contributed by atoms with Crippen molar-refractivity contribution in [1.29, 1.82) is 0 Å². The Labute approximate surface area is 250 Å². The molecule has 13 nitrogen and oxygen atoms in total. The molecule has 1 amide bonds. The summed E-state index contributed by atoms with van der Waals surface area (Å²) in [5.74, 6) is -1.15. The van der Waals surface area contributed by atoms with E-state index in [-0.39, 0.29) is 61.3 Å². The normalized spacial score (nSPS) is 15.0. The molecule has 2 aromatic carbocycles. The van der Waals surface area contributed by atoms with Crippen molar-refractivity contribution in [1.82, 2.24) is 14.2 Å². The molecular weight excluding hydrogens is 578 g/mol. The van der Waals surface area contributed by atoms with E-state index < -0.39 is 39.3 Å². The molecule has 1 atom stereocenters. The predicted octanol–water partition coefficient (Wildman–Crippen LogP) is 3.31. The largest absolute Gasteiger partial charge is 0.454 e. The molecule has 1 aliphatic rings. The summed E-state index contributed by atoms with van der Waals surface area (Å²) in [7, 11) is -4.00. The number of nitrogens with one attached hydrogen (secondary N) is 2. The number of nitrogens with zero attached hydrogens (tertiary/aromatic N) is 3. The second kappa shape index (κ2) is 13.5. The highest BCUT2D eigenvalue weighted by atomic mass is 32.2. The smallest absolute Gasteiger partial charge is 0.329 e. The number of para-hydroxylation sites is 1. The number of hydrogen-bond acceptors (Lipinski definition) is 9. The van der Waals surface area contributed by atoms with Crippen molar-refractivity contribution >= 4 is 44.2 Å². The summed E-state index contributed by atoms with van der Waals surface area (Å²) in [5, 5.41) is 15.9. The Kier molecular flexibility index (Phi) is 10.0. The quantitative estimate of drug-likeness (QED) is 0.177. The van der Waals surface area contributed by atoms with E-state index in [1.807, 2.05) is 52.0 Å². The molecule has 0 saturated carbocycles. The van der Waals surface area contributed by atoms with Gasteiger partial charge in [-0.25, -0.2) is 13.2 Å². The zero-order valence-corrected chi connectivity index (χ0v) is 25.4. The van der Waals surface area contributed by atoms with Crippen molar-refractivity contribution in [2.24, 2.45) is 0 Å². The van der Waals surface area contributed by atoms with Crippen LogP contribution in [-0.2, 0) is 35.5 Å². The molecule has 1 fully saturated rings. The minimum atomic E-state index is -4.00. The summed E-state index contributed by atoms with van der Waals surface area (Å²) in [6.07, 6.45) is 1.81. The molecule has 1 unspecified atom stereocenters. The van der Waals surface area contributed by atoms with Gasteiger partial charge >= 0.3 is 5.97 Å². The van der Waals surface area contributed by atoms with Crippen LogP contribution in [0.3, 0.4) is 0 Å². The molecule has 2 heterocycles. The lowest BCUT2D eigenvalue weighted by Crippen LogP contribution is -2.45. The number of ether oxygens (including phenoxy) is 2. The number of aromatic amines is 1. The van der Waals surface area contributed by atoms with Crippen molar-refractivity contribution in [3.05, 3.63) is 64.3 Å². The third-order valence-corrected chi connectivity index (χ3v) is 9.12. The van der Waals surface area contributed by atoms with Gasteiger partial charge in [0, 0.05) is 54.8 Å². The van der Waals surface area contributed by atoms with Gasteiger partial charge in [0.15, 0.2) is 6.61 Å². The van der Waals surface area contributed by atoms with Gasteiger partial charge in [0.1, 0.15) is 11.7 Å². The average molecular weight is 616 g/mol. The van der Waals surface area contributed by atoms with Crippen molar-refractivity contribution in [3.63, 3.8) is 0 Å². The highest BCUT2D eigenvalue weighted by molar-refractivity contribution is 7.89. The second-order valence-corrected chi connectivity index (χ2v) is 12.7. The number of esters is 1. The fraction of sp³-hybridized carbons (Fsp3) is 0.448. The molecule has 0 spiro atoms. The number of nitro groups is 1. The third kappa shape index (κ3) is 7.32. The molecule has 1 aromatic heterocycles. The number of anilines is 1. The maximum atomic E-state index is 13.4. The number of morpholine rings is 1. The van der Waals surface area contributed by atoms with Crippen LogP contribution in [0, 0.1) is 10.1 Å². The number of benzene rings is 2. The molecule has 2 N–H and O–H groups in total. The SMILES string of the molecule is CC(C)N(C(=O)COC(=O)C(Cc1c[nH]c2ccccc12)Nc1ccc(S(=O)(=O)N2CCOCC2)cc1[N+](=O)[O-])C(C)C. The standard InChI is InChI=1S/C29H37N5O8S/c1-19(2)33(20(3)4)28(35)18-42-29(36)26(15-21-17-30-24-8-6-5-7-23(21)24)31-25-10-9-22(16-27(25)34(37)38)43(39,40)32-11-13-41-14-12-32/h5-10,16-17,19-20,26,30-31H,11-15,18H2,1-4H3. The first kappa shape index (κ1) is 31.9. The molecule has 0 bridgehead atoms. The van der Waals surface area contributed by atoms with Gasteiger partial charge in [-0.05, 0) is 51.5 Å². The number of hydrogen-bond donors (Lipinski definition) is 2. The Morgan fingerprint density at radius 1 is 1.12 bits per heavy atom. The molecular formula is C29H37N5O8S. The number of nitro benzene ring substituents is 1. The van der Waals surface area contributed by atoms with Crippen molar-refractivity contribution in [3.8, 4) is 0 Å². The molecule has 3 aromatic rings. The third-order valence-electron chi connectivity index (χ3n) is 7.23. The van der Waals surface area contributed by atoms with Gasteiger partial charge in [-0.2, -0.15) is 4.31 Å². The minimum absolute atomic E-state index is 0.0648. The van der Waals surface area contributed by atoms with E-state index in [2.05, 4.69) is 10.3 Å². The van der Waals surface area contributed by atoms with Crippen LogP contribution in [0.15, 0.2) is 53.6 Å². The summed E-state index contributed by atoms with van der Waals surface area (Å²) in [6.45, 7) is 7.69. The number of sulfonamides is 1. The first-order valence-electron chi connectivity index (χ1n) is 14.1.